The minimum Gasteiger partial charge on any atom is -0.459 e. The minimum absolute atomic E-state index is 0.0686. The largest absolute Gasteiger partial charge is 0.459 e. The van der Waals surface area contributed by atoms with Crippen LogP contribution >= 0.6 is 0 Å². The first-order chi connectivity index (χ1) is 11.4. The maximum atomic E-state index is 12.4. The number of hydrogen-bond donors (Lipinski definition) is 1. The molecule has 0 bridgehead atoms. The number of sulfone groups is 1. The van der Waals surface area contributed by atoms with Crippen molar-refractivity contribution in [1.29, 1.82) is 0 Å². The molecule has 0 aliphatic heterocycles. The third kappa shape index (κ3) is 4.96. The number of furan rings is 1. The van der Waals surface area contributed by atoms with Gasteiger partial charge in [-0.2, -0.15) is 0 Å². The molecule has 1 aromatic heterocycles. The minimum atomic E-state index is -3.52. The van der Waals surface area contributed by atoms with E-state index in [1.807, 2.05) is 0 Å². The highest BCUT2D eigenvalue weighted by atomic mass is 32.2. The molecule has 0 unspecified atom stereocenters. The van der Waals surface area contributed by atoms with E-state index >= 15 is 0 Å². The Morgan fingerprint density at radius 3 is 2.54 bits per heavy atom. The molecule has 2 aromatic rings. The van der Waals surface area contributed by atoms with E-state index in [9.17, 15) is 13.2 Å². The standard InChI is InChI=1S/C18H23NO4S/c1-14(2)7-6-11-19-18(20)17-15(10-12-23-17)13-24(21,22)16-8-4-3-5-9-16/h3-5,8-10,12,14H,6-7,11,13H2,1-2H3,(H,19,20). The van der Waals surface area contributed by atoms with E-state index < -0.39 is 9.84 Å². The predicted molar refractivity (Wildman–Crippen MR) is 92.4 cm³/mol. The maximum absolute atomic E-state index is 12.4. The molecule has 24 heavy (non-hydrogen) atoms. The van der Waals surface area contributed by atoms with Gasteiger partial charge >= 0.3 is 0 Å². The zero-order chi connectivity index (χ0) is 17.6. The number of benzene rings is 1. The summed E-state index contributed by atoms with van der Waals surface area (Å²) in [5.74, 6) is 0.0144. The molecule has 1 N–H and O–H groups in total. The second-order valence-electron chi connectivity index (χ2n) is 6.14. The molecule has 2 rings (SSSR count). The maximum Gasteiger partial charge on any atom is 0.287 e. The number of hydrogen-bond acceptors (Lipinski definition) is 4. The molecule has 0 atom stereocenters. The smallest absolute Gasteiger partial charge is 0.287 e. The normalized spacial score (nSPS) is 11.6. The second kappa shape index (κ2) is 8.15. The molecule has 1 amide bonds. The lowest BCUT2D eigenvalue weighted by atomic mass is 10.1. The molecule has 6 heteroatoms. The van der Waals surface area contributed by atoms with E-state index in [4.69, 9.17) is 4.42 Å². The van der Waals surface area contributed by atoms with Gasteiger partial charge < -0.3 is 9.73 Å². The predicted octanol–water partition coefficient (Wildman–Crippen LogP) is 3.42. The second-order valence-corrected chi connectivity index (χ2v) is 8.13. The molecule has 5 nitrogen and oxygen atoms in total. The topological polar surface area (TPSA) is 76.4 Å². The SMILES string of the molecule is CC(C)CCCNC(=O)c1occc1CS(=O)(=O)c1ccccc1. The molecule has 0 fully saturated rings. The van der Waals surface area contributed by atoms with E-state index in [2.05, 4.69) is 19.2 Å². The zero-order valence-corrected chi connectivity index (χ0v) is 14.8. The van der Waals surface area contributed by atoms with Crippen molar-refractivity contribution in [2.75, 3.05) is 6.54 Å². The van der Waals surface area contributed by atoms with Gasteiger partial charge in [0.25, 0.3) is 5.91 Å². The average Bonchev–Trinajstić information content (AvgIpc) is 2.99. The van der Waals surface area contributed by atoms with Gasteiger partial charge in [0.2, 0.25) is 0 Å². The molecule has 0 spiro atoms. The van der Waals surface area contributed by atoms with E-state index in [0.29, 0.717) is 18.0 Å². The van der Waals surface area contributed by atoms with E-state index in [0.717, 1.165) is 12.8 Å². The van der Waals surface area contributed by atoms with Crippen LogP contribution in [0.5, 0.6) is 0 Å². The van der Waals surface area contributed by atoms with Gasteiger partial charge in [0.1, 0.15) is 0 Å². The van der Waals surface area contributed by atoms with Crippen LogP contribution in [0.3, 0.4) is 0 Å². The molecular formula is C18H23NO4S. The number of amides is 1. The summed E-state index contributed by atoms with van der Waals surface area (Å²) >= 11 is 0. The number of carbonyl (C=O) groups excluding carboxylic acids is 1. The van der Waals surface area contributed by atoms with Crippen molar-refractivity contribution in [3.05, 3.63) is 54.0 Å². The first kappa shape index (κ1) is 18.3. The summed E-state index contributed by atoms with van der Waals surface area (Å²) in [6.07, 6.45) is 3.24. The molecule has 0 aliphatic rings. The molecule has 0 saturated heterocycles. The van der Waals surface area contributed by atoms with Crippen LogP contribution < -0.4 is 5.32 Å². The van der Waals surface area contributed by atoms with Crippen LogP contribution in [0.4, 0.5) is 0 Å². The van der Waals surface area contributed by atoms with Gasteiger partial charge in [0.05, 0.1) is 16.9 Å². The Morgan fingerprint density at radius 1 is 1.17 bits per heavy atom. The summed E-state index contributed by atoms with van der Waals surface area (Å²) in [5.41, 5.74) is 0.375. The fraction of sp³-hybridized carbons (Fsp3) is 0.389. The molecule has 0 saturated carbocycles. The summed E-state index contributed by atoms with van der Waals surface area (Å²) in [7, 11) is -3.52. The highest BCUT2D eigenvalue weighted by molar-refractivity contribution is 7.90. The van der Waals surface area contributed by atoms with Gasteiger partial charge in [-0.15, -0.1) is 0 Å². The summed E-state index contributed by atoms with van der Waals surface area (Å²) in [6, 6.07) is 9.72. The lowest BCUT2D eigenvalue weighted by Crippen LogP contribution is -2.25. The summed E-state index contributed by atoms with van der Waals surface area (Å²) in [6.45, 7) is 4.80. The molecule has 0 radical (unpaired) electrons. The quantitative estimate of drug-likeness (QED) is 0.741. The first-order valence-electron chi connectivity index (χ1n) is 8.02. The van der Waals surface area contributed by atoms with Crippen molar-refractivity contribution >= 4 is 15.7 Å². The lowest BCUT2D eigenvalue weighted by Gasteiger charge is -2.07. The van der Waals surface area contributed by atoms with Crippen molar-refractivity contribution < 1.29 is 17.6 Å². The van der Waals surface area contributed by atoms with Crippen molar-refractivity contribution in [3.8, 4) is 0 Å². The van der Waals surface area contributed by atoms with Crippen LogP contribution in [0, 0.1) is 5.92 Å². The fourth-order valence-corrected chi connectivity index (χ4v) is 3.73. The van der Waals surface area contributed by atoms with Crippen LogP contribution in [-0.4, -0.2) is 20.9 Å². The molecule has 1 aromatic carbocycles. The Balaban J connectivity index is 2.03. The highest BCUT2D eigenvalue weighted by Crippen LogP contribution is 2.19. The Kier molecular flexibility index (Phi) is 6.20. The van der Waals surface area contributed by atoms with Crippen molar-refractivity contribution in [2.24, 2.45) is 5.92 Å². The Hall–Kier alpha value is -2.08. The Labute approximate surface area is 143 Å². The summed E-state index contributed by atoms with van der Waals surface area (Å²) < 4.78 is 30.1. The van der Waals surface area contributed by atoms with Crippen LogP contribution in [0.25, 0.3) is 0 Å². The van der Waals surface area contributed by atoms with Crippen LogP contribution in [-0.2, 0) is 15.6 Å². The van der Waals surface area contributed by atoms with Crippen LogP contribution in [0.15, 0.2) is 52.0 Å². The average molecular weight is 349 g/mol. The number of carbonyl (C=O) groups is 1. The van der Waals surface area contributed by atoms with E-state index in [1.54, 1.807) is 30.3 Å². The van der Waals surface area contributed by atoms with Gasteiger partial charge in [-0.1, -0.05) is 32.0 Å². The van der Waals surface area contributed by atoms with Crippen molar-refractivity contribution in [1.82, 2.24) is 5.32 Å². The molecule has 0 aliphatic carbocycles. The molecular weight excluding hydrogens is 326 g/mol. The first-order valence-corrected chi connectivity index (χ1v) is 9.68. The summed E-state index contributed by atoms with van der Waals surface area (Å²) in [5, 5.41) is 2.78. The van der Waals surface area contributed by atoms with Gasteiger partial charge in [-0.25, -0.2) is 8.42 Å². The third-order valence-corrected chi connectivity index (χ3v) is 5.33. The fourth-order valence-electron chi connectivity index (χ4n) is 2.36. The zero-order valence-electron chi connectivity index (χ0n) is 14.0. The van der Waals surface area contributed by atoms with Crippen molar-refractivity contribution in [2.45, 2.75) is 37.3 Å². The Morgan fingerprint density at radius 2 is 1.88 bits per heavy atom. The van der Waals surface area contributed by atoms with Crippen LogP contribution in [0.2, 0.25) is 0 Å². The number of nitrogens with one attached hydrogen (secondary N) is 1. The van der Waals surface area contributed by atoms with Crippen molar-refractivity contribution in [3.63, 3.8) is 0 Å². The summed E-state index contributed by atoms with van der Waals surface area (Å²) in [4.78, 5) is 12.4. The monoisotopic (exact) mass is 349 g/mol. The Bertz CT molecular complexity index is 763. The van der Waals surface area contributed by atoms with Gasteiger partial charge in [-0.3, -0.25) is 4.79 Å². The van der Waals surface area contributed by atoms with Gasteiger partial charge in [-0.05, 0) is 37.0 Å². The third-order valence-electron chi connectivity index (χ3n) is 3.64. The van der Waals surface area contributed by atoms with Gasteiger partial charge in [0, 0.05) is 12.1 Å². The lowest BCUT2D eigenvalue weighted by molar-refractivity contribution is 0.0924. The van der Waals surface area contributed by atoms with E-state index in [1.165, 1.54) is 12.3 Å². The molecule has 130 valence electrons. The number of rotatable bonds is 8. The highest BCUT2D eigenvalue weighted by Gasteiger charge is 2.22. The van der Waals surface area contributed by atoms with Crippen LogP contribution in [0.1, 0.15) is 42.8 Å². The van der Waals surface area contributed by atoms with E-state index in [-0.39, 0.29) is 22.3 Å². The molecule has 1 heterocycles. The van der Waals surface area contributed by atoms with Gasteiger partial charge in [0.15, 0.2) is 15.6 Å².